The molecule has 0 aromatic heterocycles. The van der Waals surface area contributed by atoms with Crippen LogP contribution in [0.2, 0.25) is 0 Å². The van der Waals surface area contributed by atoms with Crippen LogP contribution in [-0.2, 0) is 4.79 Å². The summed E-state index contributed by atoms with van der Waals surface area (Å²) in [6.07, 6.45) is 0.557. The number of nitrogens with one attached hydrogen (secondary N) is 3. The van der Waals surface area contributed by atoms with E-state index < -0.39 is 0 Å². The van der Waals surface area contributed by atoms with Crippen molar-refractivity contribution in [3.8, 4) is 5.75 Å². The predicted molar refractivity (Wildman–Crippen MR) is 78.2 cm³/mol. The minimum absolute atomic E-state index is 0.00120. The highest BCUT2D eigenvalue weighted by Crippen LogP contribution is 2.15. The van der Waals surface area contributed by atoms with Crippen molar-refractivity contribution in [1.29, 1.82) is 0 Å². The maximum atomic E-state index is 13.1. The summed E-state index contributed by atoms with van der Waals surface area (Å²) in [5.41, 5.74) is 5.98. The summed E-state index contributed by atoms with van der Waals surface area (Å²) in [7, 11) is 0. The lowest BCUT2D eigenvalue weighted by molar-refractivity contribution is -0.125. The molecule has 3 atom stereocenters. The molecule has 0 aliphatic carbocycles. The molecule has 116 valence electrons. The van der Waals surface area contributed by atoms with Crippen LogP contribution in [0, 0.1) is 11.7 Å². The molecule has 1 aliphatic rings. The first-order valence-corrected chi connectivity index (χ1v) is 7.28. The van der Waals surface area contributed by atoms with Crippen molar-refractivity contribution in [1.82, 2.24) is 16.2 Å². The Labute approximate surface area is 124 Å². The quantitative estimate of drug-likeness (QED) is 0.738. The molecule has 1 heterocycles. The van der Waals surface area contributed by atoms with Gasteiger partial charge in [-0.05, 0) is 25.5 Å². The fourth-order valence-corrected chi connectivity index (χ4v) is 2.27. The van der Waals surface area contributed by atoms with Crippen molar-refractivity contribution in [2.45, 2.75) is 32.4 Å². The highest BCUT2D eigenvalue weighted by Gasteiger charge is 2.29. The van der Waals surface area contributed by atoms with E-state index in [4.69, 9.17) is 4.74 Å². The van der Waals surface area contributed by atoms with Gasteiger partial charge in [0.1, 0.15) is 17.7 Å². The average Bonchev–Trinajstić information content (AvgIpc) is 2.89. The van der Waals surface area contributed by atoms with E-state index >= 15 is 0 Å². The molecule has 0 saturated carbocycles. The van der Waals surface area contributed by atoms with Crippen LogP contribution < -0.4 is 20.9 Å². The highest BCUT2D eigenvalue weighted by atomic mass is 19.1. The number of hydrazine groups is 1. The summed E-state index contributed by atoms with van der Waals surface area (Å²) < 4.78 is 18.8. The van der Waals surface area contributed by atoms with Gasteiger partial charge >= 0.3 is 0 Å². The predicted octanol–water partition coefficient (Wildman–Crippen LogP) is 1.21. The van der Waals surface area contributed by atoms with Crippen LogP contribution >= 0.6 is 0 Å². The number of carbonyl (C=O) groups is 1. The van der Waals surface area contributed by atoms with E-state index in [-0.39, 0.29) is 29.8 Å². The number of rotatable bonds is 6. The molecule has 3 N–H and O–H groups in total. The van der Waals surface area contributed by atoms with Crippen LogP contribution in [-0.4, -0.2) is 31.1 Å². The molecular weight excluding hydrogens is 273 g/mol. The Hall–Kier alpha value is -1.66. The van der Waals surface area contributed by atoms with Crippen molar-refractivity contribution in [3.05, 3.63) is 30.1 Å². The van der Waals surface area contributed by atoms with Gasteiger partial charge in [0.2, 0.25) is 5.91 Å². The van der Waals surface area contributed by atoms with Gasteiger partial charge in [-0.2, -0.15) is 0 Å². The van der Waals surface area contributed by atoms with Crippen LogP contribution in [0.4, 0.5) is 4.39 Å². The minimum Gasteiger partial charge on any atom is -0.489 e. The number of carbonyl (C=O) groups excluding carboxylic acids is 1. The topological polar surface area (TPSA) is 62.4 Å². The van der Waals surface area contributed by atoms with Crippen molar-refractivity contribution in [2.24, 2.45) is 5.92 Å². The lowest BCUT2D eigenvalue weighted by atomic mass is 10.0. The third kappa shape index (κ3) is 4.41. The minimum atomic E-state index is -0.330. The zero-order chi connectivity index (χ0) is 15.2. The van der Waals surface area contributed by atoms with E-state index in [0.717, 1.165) is 6.42 Å². The molecule has 1 aromatic rings. The molecule has 1 fully saturated rings. The molecule has 1 aromatic carbocycles. The van der Waals surface area contributed by atoms with Crippen LogP contribution in [0.5, 0.6) is 5.75 Å². The number of ether oxygens (including phenoxy) is 1. The summed E-state index contributed by atoms with van der Waals surface area (Å²) in [5, 5.41) is 2.90. The van der Waals surface area contributed by atoms with E-state index in [0.29, 0.717) is 18.8 Å². The summed E-state index contributed by atoms with van der Waals surface area (Å²) in [4.78, 5) is 12.1. The summed E-state index contributed by atoms with van der Waals surface area (Å²) in [5.74, 6) is 0.0648. The summed E-state index contributed by atoms with van der Waals surface area (Å²) >= 11 is 0. The first-order chi connectivity index (χ1) is 10.1. The normalized spacial score (nSPS) is 22.8. The number of halogens is 1. The van der Waals surface area contributed by atoms with Gasteiger partial charge in [-0.25, -0.2) is 4.39 Å². The molecule has 3 unspecified atom stereocenters. The molecule has 0 bridgehead atoms. The Morgan fingerprint density at radius 1 is 1.57 bits per heavy atom. The van der Waals surface area contributed by atoms with Crippen molar-refractivity contribution in [3.63, 3.8) is 0 Å². The van der Waals surface area contributed by atoms with Gasteiger partial charge in [-0.3, -0.25) is 15.6 Å². The molecule has 0 radical (unpaired) electrons. The third-order valence-corrected chi connectivity index (χ3v) is 3.65. The Morgan fingerprint density at radius 3 is 3.00 bits per heavy atom. The summed E-state index contributed by atoms with van der Waals surface area (Å²) in [6.45, 7) is 4.96. The van der Waals surface area contributed by atoms with Crippen LogP contribution in [0.1, 0.15) is 20.3 Å². The third-order valence-electron chi connectivity index (χ3n) is 3.65. The van der Waals surface area contributed by atoms with E-state index in [2.05, 4.69) is 16.2 Å². The average molecular weight is 295 g/mol. The molecule has 1 amide bonds. The molecule has 0 spiro atoms. The lowest BCUT2D eigenvalue weighted by Gasteiger charge is -2.20. The first kappa shape index (κ1) is 15.7. The van der Waals surface area contributed by atoms with Gasteiger partial charge in [-0.1, -0.05) is 13.0 Å². The standard InChI is InChI=1S/C15H22FN3O2/c1-3-12(21-13-6-4-5-11(16)7-13)8-17-15(20)14-9-18-19-10(14)2/h4-7,10,12,14,18-19H,3,8-9H2,1-2H3,(H,17,20). The van der Waals surface area contributed by atoms with E-state index in [9.17, 15) is 9.18 Å². The number of hydrogen-bond acceptors (Lipinski definition) is 4. The Bertz CT molecular complexity index is 484. The van der Waals surface area contributed by atoms with Gasteiger partial charge in [0.15, 0.2) is 0 Å². The molecular formula is C15H22FN3O2. The molecule has 1 aliphatic heterocycles. The Balaban J connectivity index is 1.83. The van der Waals surface area contributed by atoms with Gasteiger partial charge in [-0.15, -0.1) is 0 Å². The smallest absolute Gasteiger partial charge is 0.226 e. The van der Waals surface area contributed by atoms with Crippen molar-refractivity contribution >= 4 is 5.91 Å². The van der Waals surface area contributed by atoms with E-state index in [1.807, 2.05) is 13.8 Å². The SMILES string of the molecule is CCC(CNC(=O)C1CNNC1C)Oc1cccc(F)c1. The molecule has 6 heteroatoms. The fourth-order valence-electron chi connectivity index (χ4n) is 2.27. The maximum absolute atomic E-state index is 13.1. The zero-order valence-electron chi connectivity index (χ0n) is 12.4. The Morgan fingerprint density at radius 2 is 2.38 bits per heavy atom. The van der Waals surface area contributed by atoms with Crippen LogP contribution in [0.15, 0.2) is 24.3 Å². The molecule has 21 heavy (non-hydrogen) atoms. The lowest BCUT2D eigenvalue weighted by Crippen LogP contribution is -2.42. The second kappa shape index (κ2) is 7.38. The monoisotopic (exact) mass is 295 g/mol. The summed E-state index contributed by atoms with van der Waals surface area (Å²) in [6, 6.07) is 6.14. The maximum Gasteiger partial charge on any atom is 0.226 e. The fraction of sp³-hybridized carbons (Fsp3) is 0.533. The number of hydrogen-bond donors (Lipinski definition) is 3. The highest BCUT2D eigenvalue weighted by molar-refractivity contribution is 5.79. The largest absolute Gasteiger partial charge is 0.489 e. The first-order valence-electron chi connectivity index (χ1n) is 7.28. The molecule has 5 nitrogen and oxygen atoms in total. The van der Waals surface area contributed by atoms with Crippen LogP contribution in [0.3, 0.4) is 0 Å². The van der Waals surface area contributed by atoms with Gasteiger partial charge in [0.25, 0.3) is 0 Å². The van der Waals surface area contributed by atoms with Crippen molar-refractivity contribution in [2.75, 3.05) is 13.1 Å². The molecule has 2 rings (SSSR count). The van der Waals surface area contributed by atoms with Gasteiger partial charge in [0.05, 0.1) is 12.5 Å². The number of amides is 1. The second-order valence-electron chi connectivity index (χ2n) is 5.27. The number of benzene rings is 1. The van der Waals surface area contributed by atoms with Crippen molar-refractivity contribution < 1.29 is 13.9 Å². The van der Waals surface area contributed by atoms with Gasteiger partial charge < -0.3 is 10.1 Å². The zero-order valence-corrected chi connectivity index (χ0v) is 12.4. The van der Waals surface area contributed by atoms with Gasteiger partial charge in [0, 0.05) is 18.7 Å². The van der Waals surface area contributed by atoms with E-state index in [1.54, 1.807) is 12.1 Å². The van der Waals surface area contributed by atoms with Crippen LogP contribution in [0.25, 0.3) is 0 Å². The second-order valence-corrected chi connectivity index (χ2v) is 5.27. The van der Waals surface area contributed by atoms with E-state index in [1.165, 1.54) is 12.1 Å². The Kier molecular flexibility index (Phi) is 5.52. The molecule has 1 saturated heterocycles.